The molecule has 1 N–H and O–H groups in total. The first-order valence-electron chi connectivity index (χ1n) is 3.00. The van der Waals surface area contributed by atoms with Crippen LogP contribution in [0.5, 0.6) is 0 Å². The lowest BCUT2D eigenvalue weighted by atomic mass is 10.1. The summed E-state index contributed by atoms with van der Waals surface area (Å²) in [5, 5.41) is 0. The lowest BCUT2D eigenvalue weighted by Gasteiger charge is -2.36. The van der Waals surface area contributed by atoms with Crippen LogP contribution >= 0.6 is 11.9 Å². The van der Waals surface area contributed by atoms with Crippen LogP contribution in [0, 0.1) is 0 Å². The molecule has 0 saturated carbocycles. The average molecular weight is 127 g/mol. The molecule has 0 radical (unpaired) electrons. The van der Waals surface area contributed by atoms with Gasteiger partial charge in [-0.3, -0.25) is 4.72 Å². The fourth-order valence-corrected chi connectivity index (χ4v) is 2.10. The Morgan fingerprint density at radius 3 is 2.75 bits per heavy atom. The molecule has 1 nitrogen and oxygen atoms in total. The fraction of sp³-hybridized carbons (Fsp3) is 0.667. The molecule has 44 valence electrons. The predicted octanol–water partition coefficient (Wildman–Crippen LogP) is 1.33. The molecule has 1 heterocycles. The van der Waals surface area contributed by atoms with Gasteiger partial charge in [0, 0.05) is 6.54 Å². The third-order valence-corrected chi connectivity index (χ3v) is 2.98. The molecular formula is C6H9NS. The Labute approximate surface area is 53.7 Å². The molecule has 0 aromatic heterocycles. The summed E-state index contributed by atoms with van der Waals surface area (Å²) in [5.41, 5.74) is 0. The van der Waals surface area contributed by atoms with Gasteiger partial charge in [0.2, 0.25) is 0 Å². The van der Waals surface area contributed by atoms with Gasteiger partial charge in [-0.15, -0.1) is 0 Å². The smallest absolute Gasteiger partial charge is 0.0620 e. The highest BCUT2D eigenvalue weighted by molar-refractivity contribution is 8.00. The van der Waals surface area contributed by atoms with Crippen LogP contribution in [0.15, 0.2) is 12.2 Å². The maximum absolute atomic E-state index is 3.21. The van der Waals surface area contributed by atoms with Crippen molar-refractivity contribution in [2.75, 3.05) is 6.54 Å². The molecule has 2 rings (SSSR count). The molecule has 0 bridgehead atoms. The Morgan fingerprint density at radius 2 is 2.50 bits per heavy atom. The Hall–Kier alpha value is 0.0500. The van der Waals surface area contributed by atoms with Crippen molar-refractivity contribution in [3.8, 4) is 0 Å². The van der Waals surface area contributed by atoms with Gasteiger partial charge >= 0.3 is 0 Å². The van der Waals surface area contributed by atoms with Crippen molar-refractivity contribution in [3.05, 3.63) is 12.2 Å². The molecular weight excluding hydrogens is 118 g/mol. The largest absolute Gasteiger partial charge is 0.262 e. The van der Waals surface area contributed by atoms with Gasteiger partial charge in [0.1, 0.15) is 0 Å². The van der Waals surface area contributed by atoms with Gasteiger partial charge in [-0.05, 0) is 12.8 Å². The van der Waals surface area contributed by atoms with E-state index in [4.69, 9.17) is 0 Å². The molecule has 1 unspecified atom stereocenters. The summed E-state index contributed by atoms with van der Waals surface area (Å²) < 4.78 is 3.75. The zero-order valence-corrected chi connectivity index (χ0v) is 5.50. The van der Waals surface area contributed by atoms with E-state index in [1.54, 1.807) is 0 Å². The van der Waals surface area contributed by atoms with E-state index < -0.39 is 0 Å². The molecule has 1 fully saturated rings. The molecule has 2 heteroatoms. The summed E-state index contributed by atoms with van der Waals surface area (Å²) in [7, 11) is 0. The van der Waals surface area contributed by atoms with Crippen molar-refractivity contribution >= 4 is 11.9 Å². The van der Waals surface area contributed by atoms with Crippen molar-refractivity contribution in [1.82, 2.24) is 4.72 Å². The molecule has 0 aromatic carbocycles. The van der Waals surface area contributed by atoms with Crippen molar-refractivity contribution in [2.24, 2.45) is 0 Å². The van der Waals surface area contributed by atoms with Crippen molar-refractivity contribution in [2.45, 2.75) is 17.6 Å². The van der Waals surface area contributed by atoms with Gasteiger partial charge in [0.05, 0.1) is 4.75 Å². The second kappa shape index (κ2) is 1.52. The Morgan fingerprint density at radius 1 is 1.62 bits per heavy atom. The third kappa shape index (κ3) is 0.531. The Balaban J connectivity index is 2.13. The minimum Gasteiger partial charge on any atom is -0.262 e. The molecule has 1 aliphatic carbocycles. The highest BCUT2D eigenvalue weighted by atomic mass is 32.2. The first-order valence-corrected chi connectivity index (χ1v) is 3.82. The summed E-state index contributed by atoms with van der Waals surface area (Å²) in [4.78, 5) is 0. The van der Waals surface area contributed by atoms with Crippen LogP contribution < -0.4 is 4.72 Å². The van der Waals surface area contributed by atoms with E-state index >= 15 is 0 Å². The summed E-state index contributed by atoms with van der Waals surface area (Å²) in [6, 6.07) is 0. The zero-order chi connectivity index (χ0) is 5.45. The minimum atomic E-state index is 0.542. The second-order valence-corrected chi connectivity index (χ2v) is 3.73. The molecule has 1 aliphatic heterocycles. The van der Waals surface area contributed by atoms with Gasteiger partial charge in [-0.1, -0.05) is 24.1 Å². The van der Waals surface area contributed by atoms with E-state index in [0.717, 1.165) is 0 Å². The summed E-state index contributed by atoms with van der Waals surface area (Å²) >= 11 is 1.88. The second-order valence-electron chi connectivity index (χ2n) is 2.43. The maximum atomic E-state index is 3.21. The lowest BCUT2D eigenvalue weighted by molar-refractivity contribution is 0.622. The summed E-state index contributed by atoms with van der Waals surface area (Å²) in [5.74, 6) is 0. The van der Waals surface area contributed by atoms with E-state index in [0.29, 0.717) is 4.75 Å². The number of rotatable bonds is 0. The monoisotopic (exact) mass is 127 g/mol. The highest BCUT2D eigenvalue weighted by Gasteiger charge is 2.36. The van der Waals surface area contributed by atoms with Crippen LogP contribution in [-0.4, -0.2) is 11.3 Å². The van der Waals surface area contributed by atoms with E-state index in [2.05, 4.69) is 16.9 Å². The van der Waals surface area contributed by atoms with Crippen LogP contribution in [0.2, 0.25) is 0 Å². The third-order valence-electron chi connectivity index (χ3n) is 1.80. The Bertz CT molecular complexity index is 126. The van der Waals surface area contributed by atoms with Gasteiger partial charge in [0.25, 0.3) is 0 Å². The van der Waals surface area contributed by atoms with Gasteiger partial charge in [-0.25, -0.2) is 0 Å². The quantitative estimate of drug-likeness (QED) is 0.389. The van der Waals surface area contributed by atoms with Crippen molar-refractivity contribution in [3.63, 3.8) is 0 Å². The normalized spacial score (nSPS) is 43.0. The van der Waals surface area contributed by atoms with Gasteiger partial charge < -0.3 is 0 Å². The zero-order valence-electron chi connectivity index (χ0n) is 4.68. The van der Waals surface area contributed by atoms with Crippen LogP contribution in [0.4, 0.5) is 0 Å². The molecule has 1 saturated heterocycles. The van der Waals surface area contributed by atoms with Crippen LogP contribution in [0.3, 0.4) is 0 Å². The van der Waals surface area contributed by atoms with Crippen molar-refractivity contribution < 1.29 is 0 Å². The van der Waals surface area contributed by atoms with Crippen molar-refractivity contribution in [1.29, 1.82) is 0 Å². The number of hydrogen-bond donors (Lipinski definition) is 1. The van der Waals surface area contributed by atoms with Gasteiger partial charge in [0.15, 0.2) is 0 Å². The lowest BCUT2D eigenvalue weighted by Crippen LogP contribution is -2.44. The molecule has 1 atom stereocenters. The molecule has 0 amide bonds. The fourth-order valence-electron chi connectivity index (χ4n) is 1.20. The van der Waals surface area contributed by atoms with Crippen LogP contribution in [-0.2, 0) is 0 Å². The summed E-state index contributed by atoms with van der Waals surface area (Å²) in [6.07, 6.45) is 7.27. The van der Waals surface area contributed by atoms with Crippen LogP contribution in [0.25, 0.3) is 0 Å². The summed E-state index contributed by atoms with van der Waals surface area (Å²) in [6.45, 7) is 1.19. The average Bonchev–Trinajstić information content (AvgIpc) is 2.07. The number of allylic oxidation sites excluding steroid dienone is 1. The standard InChI is InChI=1S/C6H9NS/c1-2-4-6(3-1)5-7-8-6/h1,3,7H,2,4-5H2. The topological polar surface area (TPSA) is 12.0 Å². The van der Waals surface area contributed by atoms with Crippen LogP contribution in [0.1, 0.15) is 12.8 Å². The number of nitrogens with one attached hydrogen (secondary N) is 1. The highest BCUT2D eigenvalue weighted by Crippen LogP contribution is 2.40. The molecule has 1 spiro atoms. The molecule has 8 heavy (non-hydrogen) atoms. The van der Waals surface area contributed by atoms with E-state index in [1.165, 1.54) is 19.4 Å². The number of hydrogen-bond acceptors (Lipinski definition) is 2. The Kier molecular flexibility index (Phi) is 0.925. The predicted molar refractivity (Wildman–Crippen MR) is 36.7 cm³/mol. The van der Waals surface area contributed by atoms with Gasteiger partial charge in [-0.2, -0.15) is 0 Å². The SMILES string of the molecule is C1=CC2(CC1)CNS2. The minimum absolute atomic E-state index is 0.542. The molecule has 0 aromatic rings. The maximum Gasteiger partial charge on any atom is 0.0620 e. The first kappa shape index (κ1) is 4.89. The van der Waals surface area contributed by atoms with E-state index in [-0.39, 0.29) is 0 Å². The first-order chi connectivity index (χ1) is 3.91. The van der Waals surface area contributed by atoms with E-state index in [1.807, 2.05) is 11.9 Å². The van der Waals surface area contributed by atoms with E-state index in [9.17, 15) is 0 Å². The molecule has 2 aliphatic rings.